The number of rotatable bonds is 11. The summed E-state index contributed by atoms with van der Waals surface area (Å²) >= 11 is 0. The topological polar surface area (TPSA) is 86.8 Å². The Kier molecular flexibility index (Phi) is 10.7. The number of carbonyl (C=O) groups excluding carboxylic acids is 2. The van der Waals surface area contributed by atoms with Crippen molar-refractivity contribution in [2.75, 3.05) is 60.7 Å². The number of carbonyl (C=O) groups is 2. The Morgan fingerprint density at radius 2 is 1.69 bits per heavy atom. The molecule has 0 unspecified atom stereocenters. The van der Waals surface area contributed by atoms with Gasteiger partial charge in [-0.1, -0.05) is 6.92 Å². The summed E-state index contributed by atoms with van der Waals surface area (Å²) in [5.41, 5.74) is 0.772. The van der Waals surface area contributed by atoms with Crippen LogP contribution in [-0.4, -0.2) is 94.5 Å². The maximum atomic E-state index is 13.8. The smallest absolute Gasteiger partial charge is 0.329 e. The SMILES string of the molecule is CC[C@H](C(=O)N1CCCC[C@H]1C(=O)O[C@@H](C)CCN1CCOCC1)c1cc(OC)c(OC)c(OC)c1. The van der Waals surface area contributed by atoms with Crippen molar-refractivity contribution in [1.82, 2.24) is 9.80 Å². The molecular weight excluding hydrogens is 464 g/mol. The zero-order valence-electron chi connectivity index (χ0n) is 22.4. The van der Waals surface area contributed by atoms with Crippen LogP contribution >= 0.6 is 0 Å². The molecule has 2 aliphatic heterocycles. The van der Waals surface area contributed by atoms with Crippen molar-refractivity contribution in [2.24, 2.45) is 0 Å². The second-order valence-electron chi connectivity index (χ2n) is 9.45. The van der Waals surface area contributed by atoms with Crippen molar-refractivity contribution >= 4 is 11.9 Å². The second kappa shape index (κ2) is 13.7. The maximum Gasteiger partial charge on any atom is 0.329 e. The number of ether oxygens (including phenoxy) is 5. The summed E-state index contributed by atoms with van der Waals surface area (Å²) in [5, 5.41) is 0. The Bertz CT molecular complexity index is 847. The number of amides is 1. The second-order valence-corrected chi connectivity index (χ2v) is 9.45. The van der Waals surface area contributed by atoms with Gasteiger partial charge < -0.3 is 28.6 Å². The van der Waals surface area contributed by atoms with E-state index in [1.807, 2.05) is 26.0 Å². The quantitative estimate of drug-likeness (QED) is 0.423. The standard InChI is InChI=1S/C27H42N2O7/c1-6-21(20-17-23(32-3)25(34-5)24(18-20)33-4)26(30)29-11-8-7-9-22(29)27(31)36-19(2)10-12-28-13-15-35-16-14-28/h17-19,21-22H,6-16H2,1-5H3/t19-,21-,22-/m0/s1. The molecule has 2 heterocycles. The first-order valence-corrected chi connectivity index (χ1v) is 13.0. The van der Waals surface area contributed by atoms with Gasteiger partial charge in [0.2, 0.25) is 11.7 Å². The number of esters is 1. The molecule has 9 heteroatoms. The molecule has 2 saturated heterocycles. The van der Waals surface area contributed by atoms with Crippen LogP contribution in [0.2, 0.25) is 0 Å². The summed E-state index contributed by atoms with van der Waals surface area (Å²) in [5.74, 6) is 0.664. The number of piperidine rings is 1. The zero-order valence-corrected chi connectivity index (χ0v) is 22.4. The van der Waals surface area contributed by atoms with Crippen LogP contribution in [0.5, 0.6) is 17.2 Å². The summed E-state index contributed by atoms with van der Waals surface area (Å²) in [4.78, 5) is 31.1. The van der Waals surface area contributed by atoms with Crippen molar-refractivity contribution in [2.45, 2.75) is 64.0 Å². The van der Waals surface area contributed by atoms with Gasteiger partial charge in [0, 0.05) is 26.2 Å². The molecule has 0 saturated carbocycles. The predicted octanol–water partition coefficient (Wildman–Crippen LogP) is 3.24. The van der Waals surface area contributed by atoms with Gasteiger partial charge in [0.05, 0.1) is 40.5 Å². The molecule has 0 radical (unpaired) electrons. The number of likely N-dealkylation sites (tertiary alicyclic amines) is 1. The van der Waals surface area contributed by atoms with Crippen LogP contribution in [0.3, 0.4) is 0 Å². The van der Waals surface area contributed by atoms with Gasteiger partial charge in [0.25, 0.3) is 0 Å². The fraction of sp³-hybridized carbons (Fsp3) is 0.704. The third-order valence-corrected chi connectivity index (χ3v) is 7.13. The maximum absolute atomic E-state index is 13.8. The first-order valence-electron chi connectivity index (χ1n) is 13.0. The number of morpholine rings is 1. The van der Waals surface area contributed by atoms with E-state index in [1.165, 1.54) is 0 Å². The third-order valence-electron chi connectivity index (χ3n) is 7.13. The minimum Gasteiger partial charge on any atom is -0.493 e. The molecule has 0 N–H and O–H groups in total. The lowest BCUT2D eigenvalue weighted by Gasteiger charge is -2.37. The molecule has 3 atom stereocenters. The van der Waals surface area contributed by atoms with Crippen LogP contribution < -0.4 is 14.2 Å². The van der Waals surface area contributed by atoms with E-state index in [0.29, 0.717) is 36.6 Å². The normalized spacial score (nSPS) is 20.4. The number of methoxy groups -OCH3 is 3. The van der Waals surface area contributed by atoms with Crippen molar-refractivity contribution in [1.29, 1.82) is 0 Å². The van der Waals surface area contributed by atoms with Gasteiger partial charge in [-0.15, -0.1) is 0 Å². The van der Waals surface area contributed by atoms with Gasteiger partial charge in [-0.2, -0.15) is 0 Å². The van der Waals surface area contributed by atoms with Gasteiger partial charge in [-0.25, -0.2) is 4.79 Å². The first-order chi connectivity index (χ1) is 17.4. The average Bonchev–Trinajstić information content (AvgIpc) is 2.92. The van der Waals surface area contributed by atoms with Gasteiger partial charge >= 0.3 is 5.97 Å². The van der Waals surface area contributed by atoms with Crippen molar-refractivity contribution in [3.8, 4) is 17.2 Å². The fourth-order valence-corrected chi connectivity index (χ4v) is 5.02. The predicted molar refractivity (Wildman–Crippen MR) is 136 cm³/mol. The molecule has 9 nitrogen and oxygen atoms in total. The lowest BCUT2D eigenvalue weighted by atomic mass is 9.91. The third kappa shape index (κ3) is 6.82. The summed E-state index contributed by atoms with van der Waals surface area (Å²) in [6.45, 7) is 8.62. The van der Waals surface area contributed by atoms with Crippen molar-refractivity contribution < 1.29 is 33.3 Å². The first kappa shape index (κ1) is 28.1. The van der Waals surface area contributed by atoms with Crippen LogP contribution in [0, 0.1) is 0 Å². The van der Waals surface area contributed by atoms with E-state index in [0.717, 1.165) is 57.7 Å². The molecule has 1 aromatic carbocycles. The lowest BCUT2D eigenvalue weighted by molar-refractivity contribution is -0.161. The van der Waals surface area contributed by atoms with E-state index < -0.39 is 12.0 Å². The van der Waals surface area contributed by atoms with Gasteiger partial charge in [-0.3, -0.25) is 9.69 Å². The molecule has 36 heavy (non-hydrogen) atoms. The van der Waals surface area contributed by atoms with Crippen LogP contribution in [0.1, 0.15) is 57.4 Å². The van der Waals surface area contributed by atoms with Crippen LogP contribution in [0.4, 0.5) is 0 Å². The van der Waals surface area contributed by atoms with Crippen molar-refractivity contribution in [3.63, 3.8) is 0 Å². The van der Waals surface area contributed by atoms with Crippen molar-refractivity contribution in [3.05, 3.63) is 17.7 Å². The molecule has 2 fully saturated rings. The average molecular weight is 507 g/mol. The Hall–Kier alpha value is -2.52. The highest BCUT2D eigenvalue weighted by Gasteiger charge is 2.37. The van der Waals surface area contributed by atoms with Crippen LogP contribution in [0.15, 0.2) is 12.1 Å². The van der Waals surface area contributed by atoms with E-state index in [2.05, 4.69) is 4.90 Å². The minimum atomic E-state index is -0.562. The van der Waals surface area contributed by atoms with E-state index >= 15 is 0 Å². The number of hydrogen-bond donors (Lipinski definition) is 0. The molecule has 1 aromatic rings. The highest BCUT2D eigenvalue weighted by Crippen LogP contribution is 2.41. The van der Waals surface area contributed by atoms with Gasteiger partial charge in [0.15, 0.2) is 11.5 Å². The van der Waals surface area contributed by atoms with E-state index in [1.54, 1.807) is 26.2 Å². The number of hydrogen-bond acceptors (Lipinski definition) is 8. The van der Waals surface area contributed by atoms with E-state index in [-0.39, 0.29) is 18.0 Å². The molecular formula is C27H42N2O7. The molecule has 0 aliphatic carbocycles. The molecule has 2 aliphatic rings. The Morgan fingerprint density at radius 3 is 2.28 bits per heavy atom. The summed E-state index contributed by atoms with van der Waals surface area (Å²) < 4.78 is 27.7. The molecule has 1 amide bonds. The summed E-state index contributed by atoms with van der Waals surface area (Å²) in [6, 6.07) is 3.07. The summed E-state index contributed by atoms with van der Waals surface area (Å²) in [7, 11) is 4.66. The molecule has 0 bridgehead atoms. The van der Waals surface area contributed by atoms with Gasteiger partial charge in [0.1, 0.15) is 12.1 Å². The number of benzene rings is 1. The molecule has 202 valence electrons. The lowest BCUT2D eigenvalue weighted by Crippen LogP contribution is -2.50. The molecule has 3 rings (SSSR count). The minimum absolute atomic E-state index is 0.0746. The highest BCUT2D eigenvalue weighted by molar-refractivity contribution is 5.89. The van der Waals surface area contributed by atoms with Crippen LogP contribution in [0.25, 0.3) is 0 Å². The van der Waals surface area contributed by atoms with Crippen LogP contribution in [-0.2, 0) is 19.1 Å². The Balaban J connectivity index is 1.71. The molecule has 0 spiro atoms. The molecule has 0 aromatic heterocycles. The van der Waals surface area contributed by atoms with E-state index in [4.69, 9.17) is 23.7 Å². The fourth-order valence-electron chi connectivity index (χ4n) is 5.02. The van der Waals surface area contributed by atoms with Gasteiger partial charge in [-0.05, 0) is 56.7 Å². The zero-order chi connectivity index (χ0) is 26.1. The Morgan fingerprint density at radius 1 is 1.03 bits per heavy atom. The highest BCUT2D eigenvalue weighted by atomic mass is 16.5. The van der Waals surface area contributed by atoms with E-state index in [9.17, 15) is 9.59 Å². The monoisotopic (exact) mass is 506 g/mol. The largest absolute Gasteiger partial charge is 0.493 e. The Labute approximate surface area is 214 Å². The summed E-state index contributed by atoms with van der Waals surface area (Å²) in [6.07, 6.45) is 3.50. The number of nitrogens with zero attached hydrogens (tertiary/aromatic N) is 2.